The number of rotatable bonds is 8. The lowest BCUT2D eigenvalue weighted by molar-refractivity contribution is -0.165. The van der Waals surface area contributed by atoms with Crippen LogP contribution >= 0.6 is 0 Å². The van der Waals surface area contributed by atoms with Crippen LogP contribution in [0.2, 0.25) is 0 Å². The average molecular weight is 421 g/mol. The van der Waals surface area contributed by atoms with Gasteiger partial charge in [-0.2, -0.15) is 0 Å². The van der Waals surface area contributed by atoms with Crippen LogP contribution in [0.4, 0.5) is 0 Å². The fourth-order valence-electron chi connectivity index (χ4n) is 4.23. The van der Waals surface area contributed by atoms with Gasteiger partial charge in [-0.25, -0.2) is 0 Å². The molecular formula is C25H28N2O4. The van der Waals surface area contributed by atoms with Gasteiger partial charge in [0.15, 0.2) is 5.41 Å². The molecule has 0 radical (unpaired) electrons. The minimum Gasteiger partial charge on any atom is -0.465 e. The number of hydrogen-bond donors (Lipinski definition) is 0. The predicted molar refractivity (Wildman–Crippen MR) is 116 cm³/mol. The summed E-state index contributed by atoms with van der Waals surface area (Å²) in [5, 5.41) is 0. The van der Waals surface area contributed by atoms with Crippen molar-refractivity contribution in [3.05, 3.63) is 71.8 Å². The van der Waals surface area contributed by atoms with Crippen LogP contribution in [-0.2, 0) is 32.2 Å². The molecule has 1 saturated heterocycles. The van der Waals surface area contributed by atoms with Crippen LogP contribution in [0.25, 0.3) is 0 Å². The van der Waals surface area contributed by atoms with Crippen molar-refractivity contribution in [3.8, 4) is 0 Å². The predicted octanol–water partition coefficient (Wildman–Crippen LogP) is 3.16. The molecule has 0 aromatic heterocycles. The first-order chi connectivity index (χ1) is 15.0. The van der Waals surface area contributed by atoms with E-state index in [1.165, 1.54) is 0 Å². The Balaban J connectivity index is 1.61. The Bertz CT molecular complexity index is 943. The van der Waals surface area contributed by atoms with E-state index in [2.05, 4.69) is 0 Å². The second-order valence-electron chi connectivity index (χ2n) is 8.36. The van der Waals surface area contributed by atoms with E-state index in [-0.39, 0.29) is 37.4 Å². The highest BCUT2D eigenvalue weighted by Crippen LogP contribution is 2.40. The number of hydrogen-bond acceptors (Lipinski definition) is 4. The summed E-state index contributed by atoms with van der Waals surface area (Å²) in [6.07, 6.45) is 1.69. The Kier molecular flexibility index (Phi) is 6.07. The van der Waals surface area contributed by atoms with E-state index in [1.54, 1.807) is 16.7 Å². The molecule has 2 aromatic carbocycles. The van der Waals surface area contributed by atoms with Crippen molar-refractivity contribution in [1.82, 2.24) is 9.80 Å². The maximum atomic E-state index is 13.9. The van der Waals surface area contributed by atoms with Crippen LogP contribution in [0.3, 0.4) is 0 Å². The highest BCUT2D eigenvalue weighted by atomic mass is 16.5. The fourth-order valence-corrected chi connectivity index (χ4v) is 4.23. The van der Waals surface area contributed by atoms with Crippen molar-refractivity contribution in [1.29, 1.82) is 0 Å². The van der Waals surface area contributed by atoms with Crippen LogP contribution in [-0.4, -0.2) is 46.8 Å². The van der Waals surface area contributed by atoms with E-state index in [0.717, 1.165) is 24.0 Å². The van der Waals surface area contributed by atoms with Gasteiger partial charge in [0.1, 0.15) is 0 Å². The number of carbonyl (C=O) groups is 3. The van der Waals surface area contributed by atoms with Gasteiger partial charge in [-0.05, 0) is 30.9 Å². The maximum absolute atomic E-state index is 13.9. The van der Waals surface area contributed by atoms with Crippen LogP contribution < -0.4 is 0 Å². The third-order valence-corrected chi connectivity index (χ3v) is 6.00. The molecule has 1 aliphatic carbocycles. The number of esters is 1. The maximum Gasteiger partial charge on any atom is 0.324 e. The summed E-state index contributed by atoms with van der Waals surface area (Å²) in [5.41, 5.74) is 0.484. The van der Waals surface area contributed by atoms with Crippen molar-refractivity contribution >= 4 is 17.8 Å². The molecule has 6 heteroatoms. The van der Waals surface area contributed by atoms with E-state index in [0.29, 0.717) is 13.1 Å². The molecule has 1 atom stereocenters. The molecule has 1 aliphatic heterocycles. The molecule has 162 valence electrons. The Labute approximate surface area is 182 Å². The van der Waals surface area contributed by atoms with Crippen molar-refractivity contribution in [3.63, 3.8) is 0 Å². The molecule has 31 heavy (non-hydrogen) atoms. The standard InChI is InChI=1S/C25H28N2O4/c1-2-31-24(30)25(15-22(28)26(18-25)16-19-9-5-3-6-10-19)23(29)27(21-13-14-21)17-20-11-7-4-8-12-20/h3-12,21H,2,13-18H2,1H3. The molecule has 2 fully saturated rings. The molecule has 2 aliphatic rings. The smallest absolute Gasteiger partial charge is 0.324 e. The molecular weight excluding hydrogens is 392 g/mol. The molecule has 0 N–H and O–H groups in total. The van der Waals surface area contributed by atoms with Gasteiger partial charge in [-0.15, -0.1) is 0 Å². The van der Waals surface area contributed by atoms with Gasteiger partial charge in [0.2, 0.25) is 11.8 Å². The number of likely N-dealkylation sites (tertiary alicyclic amines) is 1. The van der Waals surface area contributed by atoms with Gasteiger partial charge in [-0.1, -0.05) is 60.7 Å². The summed E-state index contributed by atoms with van der Waals surface area (Å²) in [6.45, 7) is 2.74. The average Bonchev–Trinajstić information content (AvgIpc) is 3.57. The van der Waals surface area contributed by atoms with Crippen LogP contribution in [0.1, 0.15) is 37.3 Å². The first kappa shape index (κ1) is 21.1. The molecule has 0 bridgehead atoms. The van der Waals surface area contributed by atoms with Gasteiger partial charge >= 0.3 is 5.97 Å². The second-order valence-corrected chi connectivity index (χ2v) is 8.36. The van der Waals surface area contributed by atoms with Gasteiger partial charge < -0.3 is 14.5 Å². The Morgan fingerprint density at radius 1 is 1.03 bits per heavy atom. The van der Waals surface area contributed by atoms with E-state index in [1.807, 2.05) is 60.7 Å². The monoisotopic (exact) mass is 420 g/mol. The van der Waals surface area contributed by atoms with Crippen molar-refractivity contribution in [2.24, 2.45) is 5.41 Å². The van der Waals surface area contributed by atoms with E-state index >= 15 is 0 Å². The van der Waals surface area contributed by atoms with Crippen LogP contribution in [0, 0.1) is 5.41 Å². The highest BCUT2D eigenvalue weighted by Gasteiger charge is 2.58. The normalized spacial score (nSPS) is 20.5. The zero-order valence-electron chi connectivity index (χ0n) is 17.8. The first-order valence-electron chi connectivity index (χ1n) is 10.9. The third kappa shape index (κ3) is 4.48. The number of amides is 2. The van der Waals surface area contributed by atoms with Crippen molar-refractivity contribution in [2.75, 3.05) is 13.2 Å². The van der Waals surface area contributed by atoms with Crippen molar-refractivity contribution in [2.45, 2.75) is 45.3 Å². The molecule has 4 rings (SSSR count). The Morgan fingerprint density at radius 3 is 2.23 bits per heavy atom. The lowest BCUT2D eigenvalue weighted by atomic mass is 9.84. The van der Waals surface area contributed by atoms with Gasteiger partial charge in [0, 0.05) is 25.7 Å². The zero-order chi connectivity index (χ0) is 21.8. The number of benzene rings is 2. The van der Waals surface area contributed by atoms with Crippen LogP contribution in [0.5, 0.6) is 0 Å². The topological polar surface area (TPSA) is 66.9 Å². The zero-order valence-corrected chi connectivity index (χ0v) is 17.8. The Hall–Kier alpha value is -3.15. The summed E-state index contributed by atoms with van der Waals surface area (Å²) in [4.78, 5) is 43.3. The van der Waals surface area contributed by atoms with Crippen molar-refractivity contribution < 1.29 is 19.1 Å². The summed E-state index contributed by atoms with van der Waals surface area (Å²) < 4.78 is 5.33. The molecule has 6 nitrogen and oxygen atoms in total. The quantitative estimate of drug-likeness (QED) is 0.486. The lowest BCUT2D eigenvalue weighted by Crippen LogP contribution is -2.51. The minimum atomic E-state index is -1.49. The lowest BCUT2D eigenvalue weighted by Gasteiger charge is -2.32. The van der Waals surface area contributed by atoms with E-state index < -0.39 is 11.4 Å². The largest absolute Gasteiger partial charge is 0.465 e. The molecule has 1 heterocycles. The summed E-state index contributed by atoms with van der Waals surface area (Å²) in [6, 6.07) is 19.5. The molecule has 0 spiro atoms. The molecule has 1 unspecified atom stereocenters. The molecule has 1 saturated carbocycles. The summed E-state index contributed by atoms with van der Waals surface area (Å²) >= 11 is 0. The Morgan fingerprint density at radius 2 is 1.65 bits per heavy atom. The molecule has 2 aromatic rings. The number of nitrogens with zero attached hydrogens (tertiary/aromatic N) is 2. The molecule has 2 amide bonds. The number of carbonyl (C=O) groups excluding carboxylic acids is 3. The van der Waals surface area contributed by atoms with Gasteiger partial charge in [-0.3, -0.25) is 14.4 Å². The van der Waals surface area contributed by atoms with E-state index in [4.69, 9.17) is 4.74 Å². The van der Waals surface area contributed by atoms with Crippen LogP contribution in [0.15, 0.2) is 60.7 Å². The summed E-state index contributed by atoms with van der Waals surface area (Å²) in [5.74, 6) is -1.08. The summed E-state index contributed by atoms with van der Waals surface area (Å²) in [7, 11) is 0. The SMILES string of the molecule is CCOC(=O)C1(C(=O)N(Cc2ccccc2)C2CC2)CC(=O)N(Cc2ccccc2)C1. The highest BCUT2D eigenvalue weighted by molar-refractivity contribution is 6.08. The minimum absolute atomic E-state index is 0.0520. The van der Waals surface area contributed by atoms with Gasteiger partial charge in [0.05, 0.1) is 13.0 Å². The van der Waals surface area contributed by atoms with Gasteiger partial charge in [0.25, 0.3) is 0 Å². The first-order valence-corrected chi connectivity index (χ1v) is 10.9. The second kappa shape index (κ2) is 8.92. The number of ether oxygens (including phenoxy) is 1. The fraction of sp³-hybridized carbons (Fsp3) is 0.400. The third-order valence-electron chi connectivity index (χ3n) is 6.00. The van der Waals surface area contributed by atoms with E-state index in [9.17, 15) is 14.4 Å².